The smallest absolute Gasteiger partial charge is 0.267 e. The third-order valence-electron chi connectivity index (χ3n) is 4.07. The number of rotatable bonds is 5. The quantitative estimate of drug-likeness (QED) is 0.893. The van der Waals surface area contributed by atoms with Crippen molar-refractivity contribution in [1.29, 1.82) is 0 Å². The molecule has 0 saturated carbocycles. The average molecular weight is 359 g/mol. The van der Waals surface area contributed by atoms with Gasteiger partial charge in [-0.1, -0.05) is 41.9 Å². The molecule has 5 nitrogen and oxygen atoms in total. The molecular weight excluding hydrogens is 340 g/mol. The van der Waals surface area contributed by atoms with Crippen LogP contribution in [0.5, 0.6) is 5.75 Å². The number of hydrogen-bond acceptors (Lipinski definition) is 3. The summed E-state index contributed by atoms with van der Waals surface area (Å²) in [6, 6.07) is 14.7. The predicted molar refractivity (Wildman–Crippen MR) is 96.8 cm³/mol. The topological polar surface area (TPSA) is 58.6 Å². The lowest BCUT2D eigenvalue weighted by Crippen LogP contribution is -2.45. The molecule has 25 heavy (non-hydrogen) atoms. The average Bonchev–Trinajstić information content (AvgIpc) is 2.61. The van der Waals surface area contributed by atoms with Crippen LogP contribution < -0.4 is 15.0 Å². The summed E-state index contributed by atoms with van der Waals surface area (Å²) in [6.45, 7) is 2.38. The number of anilines is 1. The van der Waals surface area contributed by atoms with Crippen molar-refractivity contribution < 1.29 is 14.3 Å². The molecule has 0 fully saturated rings. The second kappa shape index (κ2) is 7.57. The number of ether oxygens (including phenoxy) is 1. The van der Waals surface area contributed by atoms with Gasteiger partial charge in [0.05, 0.1) is 5.69 Å². The van der Waals surface area contributed by atoms with E-state index in [0.717, 1.165) is 5.56 Å². The van der Waals surface area contributed by atoms with Crippen LogP contribution in [0.25, 0.3) is 0 Å². The Hall–Kier alpha value is -2.53. The van der Waals surface area contributed by atoms with Gasteiger partial charge in [-0.15, -0.1) is 0 Å². The van der Waals surface area contributed by atoms with Crippen LogP contribution in [-0.2, 0) is 16.1 Å². The van der Waals surface area contributed by atoms with Gasteiger partial charge in [0.2, 0.25) is 5.91 Å². The fourth-order valence-corrected chi connectivity index (χ4v) is 2.93. The van der Waals surface area contributed by atoms with Crippen molar-refractivity contribution in [2.24, 2.45) is 0 Å². The Balaban J connectivity index is 1.60. The minimum Gasteiger partial charge on any atom is -0.479 e. The second-order valence-electron chi connectivity index (χ2n) is 5.84. The lowest BCUT2D eigenvalue weighted by molar-refractivity contribution is -0.125. The number of hydrogen-bond donors (Lipinski definition) is 1. The van der Waals surface area contributed by atoms with Crippen LogP contribution in [0.4, 0.5) is 5.69 Å². The maximum Gasteiger partial charge on any atom is 0.267 e. The molecule has 0 aromatic heterocycles. The number of nitrogens with zero attached hydrogens (tertiary/aromatic N) is 1. The highest BCUT2D eigenvalue weighted by atomic mass is 35.5. The zero-order valence-corrected chi connectivity index (χ0v) is 14.6. The molecule has 1 aliphatic heterocycles. The Bertz CT molecular complexity index is 794. The number of fused-ring (bicyclic) bond motifs is 1. The van der Waals surface area contributed by atoms with E-state index in [-0.39, 0.29) is 18.2 Å². The van der Waals surface area contributed by atoms with Crippen LogP contribution >= 0.6 is 11.6 Å². The summed E-state index contributed by atoms with van der Waals surface area (Å²) in [5.41, 5.74) is 1.56. The molecule has 6 heteroatoms. The SMILES string of the molecule is C[C@H]1Oc2ccccc2N(CCC(=O)NCc2ccccc2Cl)C1=O. The molecular formula is C19H19ClN2O3. The highest BCUT2D eigenvalue weighted by Crippen LogP contribution is 2.33. The van der Waals surface area contributed by atoms with E-state index >= 15 is 0 Å². The summed E-state index contributed by atoms with van der Waals surface area (Å²) in [4.78, 5) is 26.1. The molecule has 2 aromatic carbocycles. The number of halogens is 1. The Morgan fingerprint density at radius 2 is 1.92 bits per heavy atom. The third kappa shape index (κ3) is 3.94. The number of benzene rings is 2. The van der Waals surface area contributed by atoms with Crippen LogP contribution in [0.3, 0.4) is 0 Å². The Morgan fingerprint density at radius 3 is 2.72 bits per heavy atom. The Morgan fingerprint density at radius 1 is 1.20 bits per heavy atom. The van der Waals surface area contributed by atoms with Gasteiger partial charge in [0, 0.05) is 24.5 Å². The van der Waals surface area contributed by atoms with Gasteiger partial charge in [-0.2, -0.15) is 0 Å². The highest BCUT2D eigenvalue weighted by Gasteiger charge is 2.31. The Kier molecular flexibility index (Phi) is 5.24. The zero-order valence-electron chi connectivity index (χ0n) is 13.9. The van der Waals surface area contributed by atoms with Gasteiger partial charge in [-0.3, -0.25) is 9.59 Å². The molecule has 0 spiro atoms. The number of amides is 2. The van der Waals surface area contributed by atoms with Crippen LogP contribution in [0.15, 0.2) is 48.5 Å². The van der Waals surface area contributed by atoms with Gasteiger partial charge in [-0.25, -0.2) is 0 Å². The van der Waals surface area contributed by atoms with Crippen molar-refractivity contribution in [3.8, 4) is 5.75 Å². The van der Waals surface area contributed by atoms with Crippen molar-refractivity contribution in [2.75, 3.05) is 11.4 Å². The molecule has 0 radical (unpaired) electrons. The fraction of sp³-hybridized carbons (Fsp3) is 0.263. The molecule has 0 aliphatic carbocycles. The van der Waals surface area contributed by atoms with E-state index in [1.165, 1.54) is 0 Å². The van der Waals surface area contributed by atoms with Crippen molar-refractivity contribution in [1.82, 2.24) is 5.32 Å². The lowest BCUT2D eigenvalue weighted by Gasteiger charge is -2.32. The van der Waals surface area contributed by atoms with Crippen LogP contribution in [0.1, 0.15) is 18.9 Å². The van der Waals surface area contributed by atoms with Gasteiger partial charge >= 0.3 is 0 Å². The van der Waals surface area contributed by atoms with Crippen molar-refractivity contribution in [2.45, 2.75) is 26.0 Å². The van der Waals surface area contributed by atoms with Gasteiger partial charge in [0.25, 0.3) is 5.91 Å². The van der Waals surface area contributed by atoms with Gasteiger partial charge < -0.3 is 15.0 Å². The molecule has 1 heterocycles. The summed E-state index contributed by atoms with van der Waals surface area (Å²) in [7, 11) is 0. The van der Waals surface area contributed by atoms with Crippen LogP contribution in [0, 0.1) is 0 Å². The summed E-state index contributed by atoms with van der Waals surface area (Å²) >= 11 is 6.08. The van der Waals surface area contributed by atoms with Crippen molar-refractivity contribution in [3.63, 3.8) is 0 Å². The maximum atomic E-state index is 12.4. The van der Waals surface area contributed by atoms with Gasteiger partial charge in [0.15, 0.2) is 6.10 Å². The molecule has 0 unspecified atom stereocenters. The molecule has 1 N–H and O–H groups in total. The highest BCUT2D eigenvalue weighted by molar-refractivity contribution is 6.31. The summed E-state index contributed by atoms with van der Waals surface area (Å²) in [5.74, 6) is 0.382. The van der Waals surface area contributed by atoms with Crippen LogP contribution in [0.2, 0.25) is 5.02 Å². The van der Waals surface area contributed by atoms with Crippen molar-refractivity contribution >= 4 is 29.1 Å². The molecule has 2 aromatic rings. The minimum atomic E-state index is -0.555. The molecule has 1 aliphatic rings. The Labute approximate surface area is 151 Å². The number of carbonyl (C=O) groups excluding carboxylic acids is 2. The van der Waals surface area contributed by atoms with E-state index in [1.807, 2.05) is 42.5 Å². The zero-order chi connectivity index (χ0) is 17.8. The van der Waals surface area contributed by atoms with Crippen LogP contribution in [-0.4, -0.2) is 24.5 Å². The number of carbonyl (C=O) groups is 2. The standard InChI is InChI=1S/C19H19ClN2O3/c1-13-19(24)22(16-8-4-5-9-17(16)25-13)11-10-18(23)21-12-14-6-2-3-7-15(14)20/h2-9,13H,10-12H2,1H3,(H,21,23)/t13-/m1/s1. The van der Waals surface area contributed by atoms with E-state index in [4.69, 9.17) is 16.3 Å². The summed E-state index contributed by atoms with van der Waals surface area (Å²) < 4.78 is 5.59. The van der Waals surface area contributed by atoms with E-state index in [2.05, 4.69) is 5.32 Å². The first kappa shape index (κ1) is 17.3. The van der Waals surface area contributed by atoms with E-state index in [0.29, 0.717) is 29.5 Å². The van der Waals surface area contributed by atoms with Crippen molar-refractivity contribution in [3.05, 3.63) is 59.1 Å². The summed E-state index contributed by atoms with van der Waals surface area (Å²) in [5, 5.41) is 3.46. The number of nitrogens with one attached hydrogen (secondary N) is 1. The first-order valence-electron chi connectivity index (χ1n) is 8.13. The van der Waals surface area contributed by atoms with Gasteiger partial charge in [0.1, 0.15) is 5.75 Å². The lowest BCUT2D eigenvalue weighted by atomic mass is 10.1. The molecule has 3 rings (SSSR count). The second-order valence-corrected chi connectivity index (χ2v) is 6.24. The normalized spacial score (nSPS) is 16.2. The molecule has 0 saturated heterocycles. The maximum absolute atomic E-state index is 12.4. The summed E-state index contributed by atoms with van der Waals surface area (Å²) in [6.07, 6.45) is -0.349. The molecule has 1 atom stereocenters. The predicted octanol–water partition coefficient (Wildman–Crippen LogP) is 3.16. The molecule has 0 bridgehead atoms. The van der Waals surface area contributed by atoms with E-state index in [9.17, 15) is 9.59 Å². The first-order valence-corrected chi connectivity index (χ1v) is 8.51. The van der Waals surface area contributed by atoms with E-state index < -0.39 is 6.10 Å². The molecule has 130 valence electrons. The largest absolute Gasteiger partial charge is 0.479 e. The minimum absolute atomic E-state index is 0.135. The molecule has 2 amide bonds. The third-order valence-corrected chi connectivity index (χ3v) is 4.44. The monoisotopic (exact) mass is 358 g/mol. The first-order chi connectivity index (χ1) is 12.1. The van der Waals surface area contributed by atoms with Gasteiger partial charge in [-0.05, 0) is 30.7 Å². The fourth-order valence-electron chi connectivity index (χ4n) is 2.73. The van der Waals surface area contributed by atoms with E-state index in [1.54, 1.807) is 17.9 Å². The number of para-hydroxylation sites is 2.